The second-order valence-corrected chi connectivity index (χ2v) is 5.64. The third-order valence-corrected chi connectivity index (χ3v) is 4.20. The van der Waals surface area contributed by atoms with Crippen LogP contribution in [0, 0.1) is 6.92 Å². The fourth-order valence-electron chi connectivity index (χ4n) is 3.08. The molecule has 0 spiro atoms. The fraction of sp³-hybridized carbons (Fsp3) is 0.400. The van der Waals surface area contributed by atoms with Crippen molar-refractivity contribution >= 4 is 22.4 Å². The summed E-state index contributed by atoms with van der Waals surface area (Å²) in [5.41, 5.74) is 2.23. The van der Waals surface area contributed by atoms with Gasteiger partial charge in [0.2, 0.25) is 0 Å². The van der Waals surface area contributed by atoms with Crippen molar-refractivity contribution in [3.05, 3.63) is 44.8 Å². The second-order valence-electron chi connectivity index (χ2n) is 5.21. The molecule has 2 heterocycles. The second kappa shape index (κ2) is 4.99. The summed E-state index contributed by atoms with van der Waals surface area (Å²) in [6.07, 6.45) is 2.23. The number of hydrogen-bond acceptors (Lipinski definition) is 2. The third kappa shape index (κ3) is 2.28. The molecule has 2 aromatic rings. The van der Waals surface area contributed by atoms with Crippen LogP contribution in [0.25, 0.3) is 10.8 Å². The van der Waals surface area contributed by atoms with Gasteiger partial charge in [-0.3, -0.25) is 4.79 Å². The van der Waals surface area contributed by atoms with E-state index < -0.39 is 0 Å². The summed E-state index contributed by atoms with van der Waals surface area (Å²) in [4.78, 5) is 15.0. The number of rotatable bonds is 1. The molecule has 100 valence electrons. The zero-order chi connectivity index (χ0) is 13.4. The Hall–Kier alpha value is -1.32. The summed E-state index contributed by atoms with van der Waals surface area (Å²) in [7, 11) is 0. The van der Waals surface area contributed by atoms with E-state index in [1.807, 2.05) is 19.1 Å². The topological polar surface area (TPSA) is 44.9 Å². The number of pyridine rings is 1. The smallest absolute Gasteiger partial charge is 0.256 e. The first-order chi connectivity index (χ1) is 9.16. The lowest BCUT2D eigenvalue weighted by Crippen LogP contribution is -2.27. The summed E-state index contributed by atoms with van der Waals surface area (Å²) < 4.78 is 0. The van der Waals surface area contributed by atoms with Crippen LogP contribution in [-0.4, -0.2) is 18.1 Å². The van der Waals surface area contributed by atoms with Crippen LogP contribution < -0.4 is 10.9 Å². The summed E-state index contributed by atoms with van der Waals surface area (Å²) in [5, 5.41) is 5.74. The van der Waals surface area contributed by atoms with E-state index >= 15 is 0 Å². The maximum absolute atomic E-state index is 12.1. The predicted molar refractivity (Wildman–Crippen MR) is 79.2 cm³/mol. The van der Waals surface area contributed by atoms with Gasteiger partial charge in [0.15, 0.2) is 0 Å². The molecule has 0 radical (unpaired) electrons. The number of halogens is 1. The van der Waals surface area contributed by atoms with Gasteiger partial charge in [0.05, 0.1) is 0 Å². The molecular weight excluding hydrogens is 260 g/mol. The Morgan fingerprint density at radius 3 is 2.68 bits per heavy atom. The minimum atomic E-state index is -0.0484. The highest BCUT2D eigenvalue weighted by molar-refractivity contribution is 6.31. The van der Waals surface area contributed by atoms with E-state index in [0.29, 0.717) is 16.3 Å². The van der Waals surface area contributed by atoms with Crippen molar-refractivity contribution in [3.8, 4) is 0 Å². The highest BCUT2D eigenvalue weighted by Gasteiger charge is 2.20. The number of benzene rings is 1. The molecule has 1 aliphatic rings. The van der Waals surface area contributed by atoms with Crippen LogP contribution in [0.2, 0.25) is 5.02 Å². The molecule has 1 aliphatic heterocycles. The Morgan fingerprint density at radius 1 is 1.21 bits per heavy atom. The van der Waals surface area contributed by atoms with Gasteiger partial charge in [0, 0.05) is 16.1 Å². The molecule has 1 fully saturated rings. The number of aromatic nitrogens is 1. The summed E-state index contributed by atoms with van der Waals surface area (Å²) in [6.45, 7) is 4.07. The van der Waals surface area contributed by atoms with E-state index in [-0.39, 0.29) is 5.56 Å². The van der Waals surface area contributed by atoms with Crippen LogP contribution in [0.5, 0.6) is 0 Å². The molecule has 0 unspecified atom stereocenters. The van der Waals surface area contributed by atoms with Crippen LogP contribution in [-0.2, 0) is 0 Å². The van der Waals surface area contributed by atoms with E-state index in [9.17, 15) is 4.79 Å². The van der Waals surface area contributed by atoms with Crippen LogP contribution >= 0.6 is 11.6 Å². The fourth-order valence-corrected chi connectivity index (χ4v) is 3.25. The lowest BCUT2D eigenvalue weighted by molar-refractivity contribution is 0.460. The third-order valence-electron chi connectivity index (χ3n) is 3.97. The first-order valence-electron chi connectivity index (χ1n) is 6.69. The van der Waals surface area contributed by atoms with Crippen molar-refractivity contribution in [1.82, 2.24) is 10.3 Å². The summed E-state index contributed by atoms with van der Waals surface area (Å²) in [6, 6.07) is 5.62. The number of aryl methyl sites for hydroxylation is 1. The minimum Gasteiger partial charge on any atom is -0.326 e. The molecule has 3 rings (SSSR count). The van der Waals surface area contributed by atoms with Gasteiger partial charge in [-0.2, -0.15) is 0 Å². The quantitative estimate of drug-likeness (QED) is 0.841. The van der Waals surface area contributed by atoms with Gasteiger partial charge >= 0.3 is 0 Å². The molecule has 1 saturated heterocycles. The number of piperidine rings is 1. The van der Waals surface area contributed by atoms with E-state index in [4.69, 9.17) is 11.6 Å². The lowest BCUT2D eigenvalue weighted by Gasteiger charge is -2.25. The van der Waals surface area contributed by atoms with E-state index in [2.05, 4.69) is 10.3 Å². The highest BCUT2D eigenvalue weighted by atomic mass is 35.5. The number of aromatic amines is 1. The van der Waals surface area contributed by atoms with Gasteiger partial charge < -0.3 is 10.3 Å². The summed E-state index contributed by atoms with van der Waals surface area (Å²) >= 11 is 6.01. The van der Waals surface area contributed by atoms with Crippen LogP contribution in [0.15, 0.2) is 23.0 Å². The predicted octanol–water partition coefficient (Wildman–Crippen LogP) is 2.96. The molecule has 1 aromatic heterocycles. The average Bonchev–Trinajstić information content (AvgIpc) is 2.41. The molecule has 4 heteroatoms. The van der Waals surface area contributed by atoms with Crippen molar-refractivity contribution in [2.75, 3.05) is 13.1 Å². The normalized spacial score (nSPS) is 16.9. The van der Waals surface area contributed by atoms with Crippen molar-refractivity contribution in [2.45, 2.75) is 25.7 Å². The van der Waals surface area contributed by atoms with Gasteiger partial charge in [-0.05, 0) is 61.9 Å². The van der Waals surface area contributed by atoms with Crippen LogP contribution in [0.4, 0.5) is 0 Å². The molecule has 0 bridgehead atoms. The van der Waals surface area contributed by atoms with Crippen LogP contribution in [0.1, 0.15) is 30.0 Å². The Bertz CT molecular complexity index is 672. The maximum atomic E-state index is 12.1. The van der Waals surface area contributed by atoms with Gasteiger partial charge in [0.25, 0.3) is 5.56 Å². The van der Waals surface area contributed by atoms with E-state index in [1.54, 1.807) is 6.07 Å². The SMILES string of the molecule is Cc1[nH]c(=O)c2cc(Cl)ccc2c1C1CCNCC1. The van der Waals surface area contributed by atoms with Gasteiger partial charge in [-0.25, -0.2) is 0 Å². The Balaban J connectivity index is 2.25. The first-order valence-corrected chi connectivity index (χ1v) is 7.07. The van der Waals surface area contributed by atoms with Crippen molar-refractivity contribution in [1.29, 1.82) is 0 Å². The largest absolute Gasteiger partial charge is 0.326 e. The Labute approximate surface area is 117 Å². The van der Waals surface area contributed by atoms with Gasteiger partial charge in [-0.1, -0.05) is 17.7 Å². The molecule has 0 saturated carbocycles. The highest BCUT2D eigenvalue weighted by Crippen LogP contribution is 2.32. The van der Waals surface area contributed by atoms with Gasteiger partial charge in [0.1, 0.15) is 0 Å². The molecular formula is C15H17ClN2O. The molecule has 2 N–H and O–H groups in total. The number of H-pyrrole nitrogens is 1. The molecule has 0 aliphatic carbocycles. The van der Waals surface area contributed by atoms with Crippen molar-refractivity contribution in [3.63, 3.8) is 0 Å². The average molecular weight is 277 g/mol. The molecule has 3 nitrogen and oxygen atoms in total. The lowest BCUT2D eigenvalue weighted by atomic mass is 9.86. The Kier molecular flexibility index (Phi) is 3.33. The standard InChI is InChI=1S/C15H17ClN2O/c1-9-14(10-4-6-17-7-5-10)12-3-2-11(16)8-13(12)15(19)18-9/h2-3,8,10,17H,4-7H2,1H3,(H,18,19). The minimum absolute atomic E-state index is 0.0484. The zero-order valence-corrected chi connectivity index (χ0v) is 11.7. The number of nitrogens with one attached hydrogen (secondary N) is 2. The van der Waals surface area contributed by atoms with E-state index in [0.717, 1.165) is 37.0 Å². The Morgan fingerprint density at radius 2 is 1.95 bits per heavy atom. The van der Waals surface area contributed by atoms with Crippen molar-refractivity contribution < 1.29 is 0 Å². The molecule has 0 amide bonds. The van der Waals surface area contributed by atoms with Crippen molar-refractivity contribution in [2.24, 2.45) is 0 Å². The maximum Gasteiger partial charge on any atom is 0.256 e. The molecule has 0 atom stereocenters. The molecule has 19 heavy (non-hydrogen) atoms. The first kappa shape index (κ1) is 12.7. The van der Waals surface area contributed by atoms with Gasteiger partial charge in [-0.15, -0.1) is 0 Å². The monoisotopic (exact) mass is 276 g/mol. The molecule has 1 aromatic carbocycles. The van der Waals surface area contributed by atoms with Crippen LogP contribution in [0.3, 0.4) is 0 Å². The number of hydrogen-bond donors (Lipinski definition) is 2. The zero-order valence-electron chi connectivity index (χ0n) is 10.9. The summed E-state index contributed by atoms with van der Waals surface area (Å²) in [5.74, 6) is 0.516. The van der Waals surface area contributed by atoms with E-state index in [1.165, 1.54) is 5.56 Å². The number of fused-ring (bicyclic) bond motifs is 1.